The molecule has 3 nitrogen and oxygen atoms in total. The van der Waals surface area contributed by atoms with E-state index in [1.807, 2.05) is 6.26 Å². The lowest BCUT2D eigenvalue weighted by atomic mass is 10.5. The van der Waals surface area contributed by atoms with Crippen LogP contribution in [0, 0.1) is 6.92 Å². The third-order valence-electron chi connectivity index (χ3n) is 1.37. The first-order chi connectivity index (χ1) is 4.66. The summed E-state index contributed by atoms with van der Waals surface area (Å²) in [7, 11) is 1.79. The number of aromatic nitrogens is 2. The molecule has 0 saturated carbocycles. The summed E-state index contributed by atoms with van der Waals surface area (Å²) in [6.07, 6.45) is 1.93. The van der Waals surface area contributed by atoms with Gasteiger partial charge in [-0.15, -0.1) is 0 Å². The van der Waals surface area contributed by atoms with Crippen LogP contribution in [0.5, 0.6) is 5.88 Å². The van der Waals surface area contributed by atoms with Crippen LogP contribution in [0.2, 0.25) is 0 Å². The average molecular weight is 158 g/mol. The molecule has 56 valence electrons. The molecule has 1 aromatic heterocycles. The number of thioether (sulfide) groups is 1. The van der Waals surface area contributed by atoms with Gasteiger partial charge >= 0.3 is 0 Å². The van der Waals surface area contributed by atoms with Crippen molar-refractivity contribution in [3.63, 3.8) is 0 Å². The molecule has 10 heavy (non-hydrogen) atoms. The van der Waals surface area contributed by atoms with E-state index < -0.39 is 0 Å². The number of imidazole rings is 1. The van der Waals surface area contributed by atoms with E-state index in [0.29, 0.717) is 5.69 Å². The van der Waals surface area contributed by atoms with E-state index in [9.17, 15) is 5.11 Å². The van der Waals surface area contributed by atoms with Crippen molar-refractivity contribution in [3.05, 3.63) is 5.69 Å². The fourth-order valence-electron chi connectivity index (χ4n) is 0.784. The molecule has 0 spiro atoms. The van der Waals surface area contributed by atoms with Crippen LogP contribution in [0.3, 0.4) is 0 Å². The van der Waals surface area contributed by atoms with Crippen molar-refractivity contribution in [2.24, 2.45) is 7.05 Å². The zero-order chi connectivity index (χ0) is 7.72. The topological polar surface area (TPSA) is 38.1 Å². The highest BCUT2D eigenvalue weighted by Gasteiger charge is 2.07. The van der Waals surface area contributed by atoms with Crippen molar-refractivity contribution in [1.82, 2.24) is 9.55 Å². The summed E-state index contributed by atoms with van der Waals surface area (Å²) in [5.41, 5.74) is 0.687. The van der Waals surface area contributed by atoms with Gasteiger partial charge in [-0.2, -0.15) is 0 Å². The maximum atomic E-state index is 9.25. The molecule has 0 unspecified atom stereocenters. The number of aryl methyl sites for hydroxylation is 1. The Balaban J connectivity index is 3.17. The summed E-state index contributed by atoms with van der Waals surface area (Å²) in [5, 5.41) is 10.1. The molecule has 0 atom stereocenters. The Hall–Kier alpha value is -0.640. The van der Waals surface area contributed by atoms with Crippen LogP contribution in [0.1, 0.15) is 5.69 Å². The molecule has 0 bridgehead atoms. The van der Waals surface area contributed by atoms with E-state index >= 15 is 0 Å². The lowest BCUT2D eigenvalue weighted by Gasteiger charge is -1.95. The van der Waals surface area contributed by atoms with E-state index in [1.165, 1.54) is 11.8 Å². The summed E-state index contributed by atoms with van der Waals surface area (Å²) in [5.74, 6) is 0.254. The van der Waals surface area contributed by atoms with Gasteiger partial charge in [0.05, 0.1) is 0 Å². The highest BCUT2D eigenvalue weighted by molar-refractivity contribution is 7.98. The number of hydrogen-bond acceptors (Lipinski definition) is 3. The van der Waals surface area contributed by atoms with Gasteiger partial charge in [0, 0.05) is 7.05 Å². The molecule has 0 aromatic carbocycles. The maximum Gasteiger partial charge on any atom is 0.214 e. The largest absolute Gasteiger partial charge is 0.493 e. The van der Waals surface area contributed by atoms with Crippen molar-refractivity contribution in [2.45, 2.75) is 12.1 Å². The van der Waals surface area contributed by atoms with Gasteiger partial charge in [0.15, 0.2) is 5.16 Å². The summed E-state index contributed by atoms with van der Waals surface area (Å²) in [4.78, 5) is 4.10. The minimum atomic E-state index is 0.254. The number of aromatic hydroxyl groups is 1. The Bertz CT molecular complexity index is 244. The highest BCUT2D eigenvalue weighted by atomic mass is 32.2. The zero-order valence-corrected chi connectivity index (χ0v) is 7.07. The Morgan fingerprint density at radius 2 is 2.20 bits per heavy atom. The van der Waals surface area contributed by atoms with Crippen molar-refractivity contribution in [2.75, 3.05) is 6.26 Å². The lowest BCUT2D eigenvalue weighted by Crippen LogP contribution is -1.88. The van der Waals surface area contributed by atoms with Crippen molar-refractivity contribution in [3.8, 4) is 5.88 Å². The van der Waals surface area contributed by atoms with Crippen LogP contribution in [-0.4, -0.2) is 20.9 Å². The standard InChI is InChI=1S/C6H10N2OS/c1-4-5(9)8(2)6(7-4)10-3/h9H,1-3H3. The second kappa shape index (κ2) is 2.54. The summed E-state index contributed by atoms with van der Waals surface area (Å²) >= 11 is 1.52. The van der Waals surface area contributed by atoms with E-state index in [4.69, 9.17) is 0 Å². The molecule has 1 rings (SSSR count). The van der Waals surface area contributed by atoms with E-state index in [-0.39, 0.29) is 5.88 Å². The summed E-state index contributed by atoms with van der Waals surface area (Å²) in [6, 6.07) is 0. The third kappa shape index (κ3) is 0.988. The van der Waals surface area contributed by atoms with Crippen LogP contribution >= 0.6 is 11.8 Å². The summed E-state index contributed by atoms with van der Waals surface area (Å²) in [6.45, 7) is 1.79. The van der Waals surface area contributed by atoms with Crippen LogP contribution < -0.4 is 0 Å². The van der Waals surface area contributed by atoms with Gasteiger partial charge < -0.3 is 5.11 Å². The Labute approximate surface area is 64.1 Å². The normalized spacial score (nSPS) is 10.3. The Kier molecular flexibility index (Phi) is 1.89. The molecule has 0 radical (unpaired) electrons. The fourth-order valence-corrected chi connectivity index (χ4v) is 1.37. The van der Waals surface area contributed by atoms with Crippen LogP contribution in [0.4, 0.5) is 0 Å². The molecule has 0 amide bonds. The molecular weight excluding hydrogens is 148 g/mol. The van der Waals surface area contributed by atoms with Gasteiger partial charge in [0.1, 0.15) is 5.69 Å². The zero-order valence-electron chi connectivity index (χ0n) is 6.25. The predicted molar refractivity (Wildman–Crippen MR) is 41.4 cm³/mol. The highest BCUT2D eigenvalue weighted by Crippen LogP contribution is 2.21. The van der Waals surface area contributed by atoms with Crippen LogP contribution in [-0.2, 0) is 7.05 Å². The molecule has 1 aromatic rings. The SMILES string of the molecule is CSc1nc(C)c(O)n1C. The molecule has 0 fully saturated rings. The molecule has 4 heteroatoms. The van der Waals surface area contributed by atoms with Crippen LogP contribution in [0.25, 0.3) is 0 Å². The second-order valence-electron chi connectivity index (χ2n) is 2.07. The first-order valence-electron chi connectivity index (χ1n) is 2.93. The molecule has 1 heterocycles. The maximum absolute atomic E-state index is 9.25. The fraction of sp³-hybridized carbons (Fsp3) is 0.500. The first-order valence-corrected chi connectivity index (χ1v) is 4.15. The monoisotopic (exact) mass is 158 g/mol. The minimum absolute atomic E-state index is 0.254. The van der Waals surface area contributed by atoms with Gasteiger partial charge in [-0.25, -0.2) is 4.98 Å². The Morgan fingerprint density at radius 3 is 2.40 bits per heavy atom. The van der Waals surface area contributed by atoms with Gasteiger partial charge in [-0.05, 0) is 13.2 Å². The minimum Gasteiger partial charge on any atom is -0.493 e. The molecule has 0 aliphatic carbocycles. The van der Waals surface area contributed by atoms with Crippen molar-refractivity contribution >= 4 is 11.8 Å². The number of nitrogens with zero attached hydrogens (tertiary/aromatic N) is 2. The van der Waals surface area contributed by atoms with Gasteiger partial charge in [0.25, 0.3) is 0 Å². The Morgan fingerprint density at radius 1 is 1.60 bits per heavy atom. The molecule has 0 aliphatic heterocycles. The van der Waals surface area contributed by atoms with Gasteiger partial charge in [0.2, 0.25) is 5.88 Å². The van der Waals surface area contributed by atoms with Crippen molar-refractivity contribution < 1.29 is 5.11 Å². The second-order valence-corrected chi connectivity index (χ2v) is 2.84. The van der Waals surface area contributed by atoms with Crippen LogP contribution in [0.15, 0.2) is 5.16 Å². The number of rotatable bonds is 1. The summed E-state index contributed by atoms with van der Waals surface area (Å²) < 4.78 is 1.67. The van der Waals surface area contributed by atoms with Gasteiger partial charge in [-0.1, -0.05) is 11.8 Å². The predicted octanol–water partition coefficient (Wildman–Crippen LogP) is 1.16. The van der Waals surface area contributed by atoms with E-state index in [2.05, 4.69) is 4.98 Å². The smallest absolute Gasteiger partial charge is 0.214 e. The molecule has 1 N–H and O–H groups in total. The molecular formula is C6H10N2OS. The van der Waals surface area contributed by atoms with Crippen molar-refractivity contribution in [1.29, 1.82) is 0 Å². The van der Waals surface area contributed by atoms with Gasteiger partial charge in [-0.3, -0.25) is 4.57 Å². The molecule has 0 saturated heterocycles. The van der Waals surface area contributed by atoms with E-state index in [0.717, 1.165) is 5.16 Å². The number of hydrogen-bond donors (Lipinski definition) is 1. The first kappa shape index (κ1) is 7.47. The third-order valence-corrected chi connectivity index (χ3v) is 2.10. The lowest BCUT2D eigenvalue weighted by molar-refractivity contribution is 0.421. The molecule has 0 aliphatic rings. The van der Waals surface area contributed by atoms with E-state index in [1.54, 1.807) is 18.5 Å². The average Bonchev–Trinajstić information content (AvgIpc) is 2.17. The quantitative estimate of drug-likeness (QED) is 0.623.